The molecule has 0 bridgehead atoms. The van der Waals surface area contributed by atoms with Crippen molar-refractivity contribution in [1.82, 2.24) is 4.90 Å². The maximum atomic E-state index is 13.1. The minimum atomic E-state index is -3.72. The number of hydrogen-bond donors (Lipinski definition) is 0. The standard InChI is InChI=1S/C22H24N2O3S2/c1-16-7-11-20(12-8-16)29(26,27)24(4)21-14-18(10-9-17(21)2)22(25)23(3)15-19-6-5-13-28-19/h5-14H,15H2,1-4H3. The molecule has 0 fully saturated rings. The van der Waals surface area contributed by atoms with E-state index >= 15 is 0 Å². The summed E-state index contributed by atoms with van der Waals surface area (Å²) < 4.78 is 27.3. The summed E-state index contributed by atoms with van der Waals surface area (Å²) in [6.07, 6.45) is 0. The maximum Gasteiger partial charge on any atom is 0.264 e. The van der Waals surface area contributed by atoms with Crippen molar-refractivity contribution in [2.45, 2.75) is 25.3 Å². The summed E-state index contributed by atoms with van der Waals surface area (Å²) >= 11 is 1.59. The molecule has 2 aromatic carbocycles. The van der Waals surface area contributed by atoms with E-state index in [0.717, 1.165) is 16.0 Å². The Morgan fingerprint density at radius 2 is 1.69 bits per heavy atom. The molecule has 0 saturated heterocycles. The first-order valence-electron chi connectivity index (χ1n) is 9.14. The molecule has 3 rings (SSSR count). The Morgan fingerprint density at radius 1 is 1.00 bits per heavy atom. The van der Waals surface area contributed by atoms with Gasteiger partial charge in [0.1, 0.15) is 0 Å². The maximum absolute atomic E-state index is 13.1. The summed E-state index contributed by atoms with van der Waals surface area (Å²) in [6, 6.07) is 15.8. The molecule has 0 N–H and O–H groups in total. The highest BCUT2D eigenvalue weighted by atomic mass is 32.2. The summed E-state index contributed by atoms with van der Waals surface area (Å²) in [5.74, 6) is -0.152. The van der Waals surface area contributed by atoms with E-state index in [1.807, 2.05) is 31.4 Å². The number of nitrogens with zero attached hydrogens (tertiary/aromatic N) is 2. The highest BCUT2D eigenvalue weighted by Crippen LogP contribution is 2.27. The lowest BCUT2D eigenvalue weighted by molar-refractivity contribution is 0.0786. The van der Waals surface area contributed by atoms with Crippen molar-refractivity contribution in [1.29, 1.82) is 0 Å². The second kappa shape index (κ2) is 8.39. The Bertz CT molecular complexity index is 1110. The molecule has 0 spiro atoms. The second-order valence-electron chi connectivity index (χ2n) is 7.03. The molecule has 1 heterocycles. The van der Waals surface area contributed by atoms with E-state index in [0.29, 0.717) is 17.8 Å². The third-order valence-electron chi connectivity index (χ3n) is 4.79. The van der Waals surface area contributed by atoms with Crippen LogP contribution in [0.5, 0.6) is 0 Å². The summed E-state index contributed by atoms with van der Waals surface area (Å²) in [7, 11) is -0.466. The molecular weight excluding hydrogens is 404 g/mol. The molecule has 152 valence electrons. The van der Waals surface area contributed by atoms with Crippen molar-refractivity contribution in [2.24, 2.45) is 0 Å². The van der Waals surface area contributed by atoms with E-state index in [2.05, 4.69) is 0 Å². The predicted octanol–water partition coefficient (Wildman–Crippen LogP) is 4.46. The lowest BCUT2D eigenvalue weighted by atomic mass is 10.1. The molecule has 1 aromatic heterocycles. The average molecular weight is 429 g/mol. The number of hydrogen-bond acceptors (Lipinski definition) is 4. The summed E-state index contributed by atoms with van der Waals surface area (Å²) in [6.45, 7) is 4.25. The molecule has 3 aromatic rings. The van der Waals surface area contributed by atoms with E-state index in [1.165, 1.54) is 11.4 Å². The van der Waals surface area contributed by atoms with Gasteiger partial charge in [0.05, 0.1) is 17.1 Å². The number of thiophene rings is 1. The molecule has 1 amide bonds. The average Bonchev–Trinajstić information content (AvgIpc) is 3.20. The van der Waals surface area contributed by atoms with E-state index in [1.54, 1.807) is 65.7 Å². The molecule has 0 radical (unpaired) electrons. The van der Waals surface area contributed by atoms with Gasteiger partial charge in [0, 0.05) is 24.5 Å². The van der Waals surface area contributed by atoms with Crippen LogP contribution in [-0.2, 0) is 16.6 Å². The van der Waals surface area contributed by atoms with Crippen LogP contribution in [0.2, 0.25) is 0 Å². The molecular formula is C22H24N2O3S2. The smallest absolute Gasteiger partial charge is 0.264 e. The van der Waals surface area contributed by atoms with Gasteiger partial charge in [0.15, 0.2) is 0 Å². The monoisotopic (exact) mass is 428 g/mol. The van der Waals surface area contributed by atoms with Gasteiger partial charge in [-0.05, 0) is 55.1 Å². The van der Waals surface area contributed by atoms with E-state index in [9.17, 15) is 13.2 Å². The third-order valence-corrected chi connectivity index (χ3v) is 7.44. The van der Waals surface area contributed by atoms with Gasteiger partial charge in [-0.2, -0.15) is 0 Å². The van der Waals surface area contributed by atoms with Crippen LogP contribution in [0.1, 0.15) is 26.4 Å². The van der Waals surface area contributed by atoms with E-state index in [-0.39, 0.29) is 10.8 Å². The van der Waals surface area contributed by atoms with Crippen LogP contribution in [0.15, 0.2) is 64.9 Å². The highest BCUT2D eigenvalue weighted by molar-refractivity contribution is 7.92. The number of aryl methyl sites for hydroxylation is 2. The number of sulfonamides is 1. The largest absolute Gasteiger partial charge is 0.337 e. The van der Waals surface area contributed by atoms with Gasteiger partial charge in [-0.3, -0.25) is 9.10 Å². The number of benzene rings is 2. The molecule has 0 aliphatic rings. The Balaban J connectivity index is 1.90. The Kier molecular flexibility index (Phi) is 6.10. The fourth-order valence-corrected chi connectivity index (χ4v) is 5.02. The van der Waals surface area contributed by atoms with Gasteiger partial charge in [-0.25, -0.2) is 8.42 Å². The third kappa shape index (κ3) is 4.52. The first-order chi connectivity index (χ1) is 13.7. The zero-order chi connectivity index (χ0) is 21.2. The van der Waals surface area contributed by atoms with E-state index < -0.39 is 10.0 Å². The summed E-state index contributed by atoms with van der Waals surface area (Å²) in [5, 5.41) is 1.97. The SMILES string of the molecule is Cc1ccc(S(=O)(=O)N(C)c2cc(C(=O)N(C)Cc3cccs3)ccc2C)cc1. The highest BCUT2D eigenvalue weighted by Gasteiger charge is 2.24. The fraction of sp³-hybridized carbons (Fsp3) is 0.227. The number of anilines is 1. The van der Waals surface area contributed by atoms with Crippen molar-refractivity contribution in [3.63, 3.8) is 0 Å². The van der Waals surface area contributed by atoms with Crippen LogP contribution in [0.25, 0.3) is 0 Å². The van der Waals surface area contributed by atoms with Crippen molar-refractivity contribution < 1.29 is 13.2 Å². The van der Waals surface area contributed by atoms with Crippen molar-refractivity contribution in [2.75, 3.05) is 18.4 Å². The zero-order valence-corrected chi connectivity index (χ0v) is 18.5. The van der Waals surface area contributed by atoms with Crippen molar-refractivity contribution in [3.05, 3.63) is 81.5 Å². The van der Waals surface area contributed by atoms with Gasteiger partial charge in [0.25, 0.3) is 15.9 Å². The van der Waals surface area contributed by atoms with Crippen molar-refractivity contribution in [3.8, 4) is 0 Å². The quantitative estimate of drug-likeness (QED) is 0.582. The predicted molar refractivity (Wildman–Crippen MR) is 118 cm³/mol. The van der Waals surface area contributed by atoms with Crippen molar-refractivity contribution >= 4 is 33.0 Å². The molecule has 29 heavy (non-hydrogen) atoms. The molecule has 0 unspecified atom stereocenters. The molecule has 0 aliphatic heterocycles. The van der Waals surface area contributed by atoms with Crippen LogP contribution >= 0.6 is 11.3 Å². The first kappa shape index (κ1) is 21.1. The molecule has 7 heteroatoms. The molecule has 0 aliphatic carbocycles. The topological polar surface area (TPSA) is 57.7 Å². The van der Waals surface area contributed by atoms with Gasteiger partial charge in [-0.15, -0.1) is 11.3 Å². The summed E-state index contributed by atoms with van der Waals surface area (Å²) in [4.78, 5) is 15.8. The fourth-order valence-electron chi connectivity index (χ4n) is 3.01. The van der Waals surface area contributed by atoms with Crippen LogP contribution in [0.4, 0.5) is 5.69 Å². The molecule has 0 atom stereocenters. The van der Waals surface area contributed by atoms with E-state index in [4.69, 9.17) is 0 Å². The second-order valence-corrected chi connectivity index (χ2v) is 10.0. The number of carbonyl (C=O) groups is 1. The minimum Gasteiger partial charge on any atom is -0.337 e. The number of amides is 1. The molecule has 5 nitrogen and oxygen atoms in total. The first-order valence-corrected chi connectivity index (χ1v) is 11.5. The normalized spacial score (nSPS) is 11.3. The van der Waals surface area contributed by atoms with Crippen LogP contribution in [0, 0.1) is 13.8 Å². The van der Waals surface area contributed by atoms with Gasteiger partial charge in [-0.1, -0.05) is 29.8 Å². The lowest BCUT2D eigenvalue weighted by Crippen LogP contribution is -2.29. The minimum absolute atomic E-state index is 0.152. The zero-order valence-electron chi connectivity index (χ0n) is 16.9. The number of carbonyl (C=O) groups excluding carboxylic acids is 1. The van der Waals surface area contributed by atoms with Gasteiger partial charge >= 0.3 is 0 Å². The van der Waals surface area contributed by atoms with Gasteiger partial charge < -0.3 is 4.90 Å². The molecule has 0 saturated carbocycles. The van der Waals surface area contributed by atoms with Crippen LogP contribution in [0.3, 0.4) is 0 Å². The van der Waals surface area contributed by atoms with Gasteiger partial charge in [0.2, 0.25) is 0 Å². The Morgan fingerprint density at radius 3 is 2.31 bits per heavy atom. The van der Waals surface area contributed by atoms with Crippen LogP contribution in [-0.4, -0.2) is 33.3 Å². The number of rotatable bonds is 6. The summed E-state index contributed by atoms with van der Waals surface area (Å²) in [5.41, 5.74) is 2.71. The Hall–Kier alpha value is -2.64. The Labute approximate surface area is 176 Å². The lowest BCUT2D eigenvalue weighted by Gasteiger charge is -2.23. The van der Waals surface area contributed by atoms with Crippen LogP contribution < -0.4 is 4.31 Å².